The van der Waals surface area contributed by atoms with E-state index in [-0.39, 0.29) is 0 Å². The van der Waals surface area contributed by atoms with Gasteiger partial charge in [0.25, 0.3) is 0 Å². The summed E-state index contributed by atoms with van der Waals surface area (Å²) < 4.78 is 6.13. The highest BCUT2D eigenvalue weighted by molar-refractivity contribution is 6.01. The highest BCUT2D eigenvalue weighted by atomic mass is 16.5. The number of hydrogen-bond acceptors (Lipinski definition) is 2. The van der Waals surface area contributed by atoms with Gasteiger partial charge >= 0.3 is 0 Å². The molecule has 1 aliphatic heterocycles. The molecule has 0 fully saturated rings. The van der Waals surface area contributed by atoms with Gasteiger partial charge in [-0.1, -0.05) is 54.6 Å². The lowest BCUT2D eigenvalue weighted by molar-refractivity contribution is 0.302. The molecule has 0 unspecified atom stereocenters. The first-order valence-corrected chi connectivity index (χ1v) is 10.1. The molecule has 3 aromatic carbocycles. The molecular weight excluding hydrogens is 342 g/mol. The fourth-order valence-electron chi connectivity index (χ4n) is 4.83. The van der Waals surface area contributed by atoms with E-state index in [0.717, 1.165) is 23.4 Å². The third kappa shape index (κ3) is 2.31. The van der Waals surface area contributed by atoms with E-state index in [0.29, 0.717) is 6.61 Å². The van der Waals surface area contributed by atoms with Gasteiger partial charge in [0.15, 0.2) is 0 Å². The molecule has 2 heterocycles. The van der Waals surface area contributed by atoms with Crippen LogP contribution < -0.4 is 4.74 Å². The molecule has 0 amide bonds. The summed E-state index contributed by atoms with van der Waals surface area (Å²) in [6, 6.07) is 23.6. The Morgan fingerprint density at radius 3 is 2.50 bits per heavy atom. The van der Waals surface area contributed by atoms with Crippen molar-refractivity contribution in [3.63, 3.8) is 0 Å². The van der Waals surface area contributed by atoms with Gasteiger partial charge in [-0.15, -0.1) is 0 Å². The first-order chi connectivity index (χ1) is 13.9. The van der Waals surface area contributed by atoms with Crippen molar-refractivity contribution < 1.29 is 4.74 Å². The van der Waals surface area contributed by atoms with E-state index in [1.54, 1.807) is 0 Å². The molecule has 28 heavy (non-hydrogen) atoms. The molecule has 2 heteroatoms. The van der Waals surface area contributed by atoms with Crippen LogP contribution in [0.2, 0.25) is 0 Å². The van der Waals surface area contributed by atoms with Crippen molar-refractivity contribution in [2.45, 2.75) is 32.3 Å². The number of pyridine rings is 1. The Balaban J connectivity index is 1.76. The number of hydrogen-bond donors (Lipinski definition) is 0. The monoisotopic (exact) mass is 363 g/mol. The Labute approximate surface area is 164 Å². The minimum atomic E-state index is 0.566. The molecule has 0 atom stereocenters. The van der Waals surface area contributed by atoms with Crippen LogP contribution in [0.1, 0.15) is 29.5 Å². The van der Waals surface area contributed by atoms with Crippen LogP contribution >= 0.6 is 0 Å². The highest BCUT2D eigenvalue weighted by Gasteiger charge is 2.26. The summed E-state index contributed by atoms with van der Waals surface area (Å²) in [7, 11) is 0. The summed E-state index contributed by atoms with van der Waals surface area (Å²) in [5.41, 5.74) is 10.0. The van der Waals surface area contributed by atoms with Crippen LogP contribution in [-0.2, 0) is 19.4 Å². The molecule has 0 saturated carbocycles. The predicted octanol–water partition coefficient (Wildman–Crippen LogP) is 6.34. The third-order valence-electron chi connectivity index (χ3n) is 6.16. The van der Waals surface area contributed by atoms with Gasteiger partial charge in [-0.3, -0.25) is 0 Å². The number of ether oxygens (including phenoxy) is 1. The van der Waals surface area contributed by atoms with Crippen LogP contribution in [0.5, 0.6) is 5.75 Å². The normalized spacial score (nSPS) is 14.7. The zero-order valence-corrected chi connectivity index (χ0v) is 15.7. The van der Waals surface area contributed by atoms with E-state index in [2.05, 4.69) is 54.6 Å². The van der Waals surface area contributed by atoms with E-state index in [9.17, 15) is 0 Å². The second-order valence-corrected chi connectivity index (χ2v) is 7.77. The Bertz CT molecular complexity index is 1210. The molecule has 4 aromatic rings. The van der Waals surface area contributed by atoms with Crippen LogP contribution in [0.15, 0.2) is 66.7 Å². The summed E-state index contributed by atoms with van der Waals surface area (Å²) >= 11 is 0. The summed E-state index contributed by atoms with van der Waals surface area (Å²) in [6.45, 7) is 0.566. The first-order valence-electron chi connectivity index (χ1n) is 10.1. The summed E-state index contributed by atoms with van der Waals surface area (Å²) in [6.07, 6.45) is 4.84. The van der Waals surface area contributed by atoms with Crippen LogP contribution in [0.25, 0.3) is 33.3 Å². The Morgan fingerprint density at radius 2 is 1.57 bits per heavy atom. The molecule has 136 valence electrons. The highest BCUT2D eigenvalue weighted by Crippen LogP contribution is 2.44. The van der Waals surface area contributed by atoms with Crippen molar-refractivity contribution >= 4 is 10.9 Å². The van der Waals surface area contributed by atoms with Crippen molar-refractivity contribution in [3.05, 3.63) is 83.4 Å². The van der Waals surface area contributed by atoms with Gasteiger partial charge in [0, 0.05) is 16.5 Å². The maximum Gasteiger partial charge on any atom is 0.129 e. The summed E-state index contributed by atoms with van der Waals surface area (Å²) in [4.78, 5) is 5.28. The maximum absolute atomic E-state index is 6.13. The van der Waals surface area contributed by atoms with Gasteiger partial charge < -0.3 is 4.74 Å². The molecule has 0 radical (unpaired) electrons. The molecule has 0 bridgehead atoms. The summed E-state index contributed by atoms with van der Waals surface area (Å²) in [5, 5.41) is 1.26. The summed E-state index contributed by atoms with van der Waals surface area (Å²) in [5.74, 6) is 0.936. The van der Waals surface area contributed by atoms with Gasteiger partial charge in [-0.05, 0) is 60.1 Å². The van der Waals surface area contributed by atoms with Crippen molar-refractivity contribution in [1.82, 2.24) is 4.98 Å². The molecule has 2 nitrogen and oxygen atoms in total. The van der Waals surface area contributed by atoms with Gasteiger partial charge in [0.05, 0.1) is 11.2 Å². The van der Waals surface area contributed by atoms with Crippen LogP contribution in [0.4, 0.5) is 0 Å². The molecule has 0 spiro atoms. The zero-order valence-electron chi connectivity index (χ0n) is 15.7. The Hall–Kier alpha value is -3.13. The second-order valence-electron chi connectivity index (χ2n) is 7.77. The van der Waals surface area contributed by atoms with Crippen molar-refractivity contribution in [3.8, 4) is 28.1 Å². The van der Waals surface area contributed by atoms with Crippen LogP contribution in [-0.4, -0.2) is 4.98 Å². The maximum atomic E-state index is 6.13. The number of rotatable bonds is 1. The minimum absolute atomic E-state index is 0.566. The minimum Gasteiger partial charge on any atom is -0.488 e. The Morgan fingerprint density at radius 1 is 0.750 bits per heavy atom. The number of aryl methyl sites for hydroxylation is 2. The molecule has 0 saturated heterocycles. The molecule has 1 aliphatic carbocycles. The number of aromatic nitrogens is 1. The first kappa shape index (κ1) is 15.9. The lowest BCUT2D eigenvalue weighted by Gasteiger charge is -2.26. The number of nitrogens with zero attached hydrogens (tertiary/aromatic N) is 1. The van der Waals surface area contributed by atoms with E-state index in [4.69, 9.17) is 9.72 Å². The largest absolute Gasteiger partial charge is 0.488 e. The Kier molecular flexibility index (Phi) is 3.52. The van der Waals surface area contributed by atoms with Crippen molar-refractivity contribution in [2.24, 2.45) is 0 Å². The lowest BCUT2D eigenvalue weighted by atomic mass is 9.85. The molecule has 2 aliphatic rings. The second kappa shape index (κ2) is 6.20. The van der Waals surface area contributed by atoms with Crippen LogP contribution in [0.3, 0.4) is 0 Å². The van der Waals surface area contributed by atoms with E-state index >= 15 is 0 Å². The topological polar surface area (TPSA) is 22.1 Å². The van der Waals surface area contributed by atoms with E-state index < -0.39 is 0 Å². The van der Waals surface area contributed by atoms with Gasteiger partial charge in [0.1, 0.15) is 12.4 Å². The molecule has 6 rings (SSSR count). The standard InChI is InChI=1S/C26H21NO/c1-2-9-18(10-3-1)24-21-15-14-17-8-4-5-11-19(17)25(21)27-26-20-12-6-7-13-23(20)28-16-22(24)26/h1-3,6-7,9-10,12-15H,4-5,8,11,16H2. The molecule has 0 N–H and O–H groups in total. The van der Waals surface area contributed by atoms with Crippen LogP contribution in [0, 0.1) is 0 Å². The zero-order chi connectivity index (χ0) is 18.5. The molecular formula is C26H21NO. The average Bonchev–Trinajstić information content (AvgIpc) is 2.78. The number of para-hydroxylation sites is 1. The van der Waals surface area contributed by atoms with Gasteiger partial charge in [-0.2, -0.15) is 0 Å². The predicted molar refractivity (Wildman–Crippen MR) is 114 cm³/mol. The van der Waals surface area contributed by atoms with E-state index in [1.807, 2.05) is 12.1 Å². The van der Waals surface area contributed by atoms with Gasteiger partial charge in [-0.25, -0.2) is 4.98 Å². The number of benzene rings is 3. The lowest BCUT2D eigenvalue weighted by Crippen LogP contribution is -2.11. The van der Waals surface area contributed by atoms with Crippen molar-refractivity contribution in [2.75, 3.05) is 0 Å². The van der Waals surface area contributed by atoms with E-state index in [1.165, 1.54) is 58.0 Å². The van der Waals surface area contributed by atoms with Gasteiger partial charge in [0.2, 0.25) is 0 Å². The number of fused-ring (bicyclic) bond motifs is 6. The molecule has 1 aromatic heterocycles. The van der Waals surface area contributed by atoms with Crippen molar-refractivity contribution in [1.29, 1.82) is 0 Å². The average molecular weight is 363 g/mol. The fourth-order valence-corrected chi connectivity index (χ4v) is 4.83. The smallest absolute Gasteiger partial charge is 0.129 e. The SMILES string of the molecule is c1ccc(-c2c3c(nc4c5c(ccc24)CCCC5)-c2ccccc2OC3)cc1. The fraction of sp³-hybridized carbons (Fsp3) is 0.192. The quantitative estimate of drug-likeness (QED) is 0.394. The third-order valence-corrected chi connectivity index (χ3v) is 6.16.